The second-order valence-electron chi connectivity index (χ2n) is 6.78. The zero-order valence-electron chi connectivity index (χ0n) is 16.0. The highest BCUT2D eigenvalue weighted by molar-refractivity contribution is 7.99. The summed E-state index contributed by atoms with van der Waals surface area (Å²) in [5.41, 5.74) is 2.77. The van der Waals surface area contributed by atoms with E-state index in [9.17, 15) is 4.79 Å². The smallest absolute Gasteiger partial charge is 0.232 e. The Labute approximate surface area is 178 Å². The molecule has 0 bridgehead atoms. The number of ketones is 1. The maximum absolute atomic E-state index is 12.6. The van der Waals surface area contributed by atoms with Crippen LogP contribution in [0.4, 0.5) is 5.95 Å². The lowest BCUT2D eigenvalue weighted by Crippen LogP contribution is -2.37. The monoisotopic (exact) mass is 428 g/mol. The molecule has 2 heterocycles. The molecule has 0 N–H and O–H groups in total. The number of benzene rings is 2. The fourth-order valence-electron chi connectivity index (χ4n) is 3.17. The Hall–Kier alpha value is -2.35. The van der Waals surface area contributed by atoms with Crippen LogP contribution in [-0.4, -0.2) is 52.6 Å². The van der Waals surface area contributed by atoms with Crippen LogP contribution in [0.25, 0.3) is 5.69 Å². The lowest BCUT2D eigenvalue weighted by molar-refractivity contribution is 0.102. The number of morpholine rings is 1. The molecule has 0 amide bonds. The number of anilines is 1. The molecule has 4 rings (SSSR count). The maximum Gasteiger partial charge on any atom is 0.232 e. The molecule has 0 unspecified atom stereocenters. The number of halogens is 1. The van der Waals surface area contributed by atoms with E-state index in [1.807, 2.05) is 16.7 Å². The number of thioether (sulfide) groups is 1. The number of nitrogens with zero attached hydrogens (tertiary/aromatic N) is 4. The highest BCUT2D eigenvalue weighted by Crippen LogP contribution is 2.28. The van der Waals surface area contributed by atoms with E-state index in [-0.39, 0.29) is 11.5 Å². The Morgan fingerprint density at radius 3 is 2.62 bits per heavy atom. The van der Waals surface area contributed by atoms with Crippen molar-refractivity contribution in [3.8, 4) is 5.69 Å². The number of aryl methyl sites for hydroxylation is 1. The van der Waals surface area contributed by atoms with Crippen LogP contribution in [0.5, 0.6) is 0 Å². The lowest BCUT2D eigenvalue weighted by Gasteiger charge is -2.28. The van der Waals surface area contributed by atoms with E-state index in [0.29, 0.717) is 29.0 Å². The molecule has 0 aliphatic carbocycles. The average Bonchev–Trinajstić information content (AvgIpc) is 3.17. The van der Waals surface area contributed by atoms with Gasteiger partial charge < -0.3 is 9.64 Å². The quantitative estimate of drug-likeness (QED) is 0.436. The van der Waals surface area contributed by atoms with Gasteiger partial charge in [-0.05, 0) is 48.9 Å². The van der Waals surface area contributed by atoms with E-state index < -0.39 is 0 Å². The van der Waals surface area contributed by atoms with E-state index in [0.717, 1.165) is 30.3 Å². The molecule has 29 heavy (non-hydrogen) atoms. The van der Waals surface area contributed by atoms with Gasteiger partial charge in [-0.25, -0.2) is 0 Å². The van der Waals surface area contributed by atoms with Crippen molar-refractivity contribution in [2.45, 2.75) is 12.1 Å². The normalized spacial score (nSPS) is 14.2. The van der Waals surface area contributed by atoms with Crippen molar-refractivity contribution < 1.29 is 9.53 Å². The minimum atomic E-state index is 0.0263. The van der Waals surface area contributed by atoms with Gasteiger partial charge in [-0.2, -0.15) is 0 Å². The number of hydrogen-bond acceptors (Lipinski definition) is 6. The summed E-state index contributed by atoms with van der Waals surface area (Å²) in [6.45, 7) is 4.91. The van der Waals surface area contributed by atoms with Crippen LogP contribution in [0.1, 0.15) is 15.9 Å². The molecular weight excluding hydrogens is 408 g/mol. The molecule has 1 aromatic heterocycles. The van der Waals surface area contributed by atoms with Crippen LogP contribution >= 0.6 is 23.4 Å². The minimum Gasteiger partial charge on any atom is -0.378 e. The molecule has 0 saturated carbocycles. The molecule has 3 aromatic rings. The van der Waals surface area contributed by atoms with E-state index >= 15 is 0 Å². The van der Waals surface area contributed by atoms with E-state index in [4.69, 9.17) is 16.3 Å². The maximum atomic E-state index is 12.6. The van der Waals surface area contributed by atoms with E-state index in [1.165, 1.54) is 11.8 Å². The Balaban J connectivity index is 1.61. The van der Waals surface area contributed by atoms with Gasteiger partial charge in [0, 0.05) is 23.7 Å². The molecule has 8 heteroatoms. The van der Waals surface area contributed by atoms with Crippen LogP contribution in [-0.2, 0) is 4.74 Å². The van der Waals surface area contributed by atoms with Crippen LogP contribution < -0.4 is 4.90 Å². The third-order valence-electron chi connectivity index (χ3n) is 4.67. The number of carbonyl (C=O) groups excluding carboxylic acids is 1. The molecule has 0 radical (unpaired) electrons. The van der Waals surface area contributed by atoms with Crippen LogP contribution in [0, 0.1) is 6.92 Å². The number of rotatable bonds is 6. The summed E-state index contributed by atoms with van der Waals surface area (Å²) in [5.74, 6) is 1.08. The summed E-state index contributed by atoms with van der Waals surface area (Å²) < 4.78 is 7.50. The summed E-state index contributed by atoms with van der Waals surface area (Å²) in [4.78, 5) is 14.8. The van der Waals surface area contributed by atoms with Crippen LogP contribution in [0.3, 0.4) is 0 Å². The zero-order valence-corrected chi connectivity index (χ0v) is 17.6. The van der Waals surface area contributed by atoms with Gasteiger partial charge in [0.25, 0.3) is 0 Å². The van der Waals surface area contributed by atoms with Crippen LogP contribution in [0.15, 0.2) is 53.7 Å². The Morgan fingerprint density at radius 1 is 1.14 bits per heavy atom. The Bertz CT molecular complexity index is 1000. The molecule has 6 nitrogen and oxygen atoms in total. The first kappa shape index (κ1) is 19.9. The van der Waals surface area contributed by atoms with Crippen molar-refractivity contribution >= 4 is 35.1 Å². The van der Waals surface area contributed by atoms with E-state index in [2.05, 4.69) is 34.2 Å². The summed E-state index contributed by atoms with van der Waals surface area (Å²) in [6.07, 6.45) is 0. The highest BCUT2D eigenvalue weighted by Gasteiger charge is 2.22. The fourth-order valence-corrected chi connectivity index (χ4v) is 4.13. The number of hydrogen-bond donors (Lipinski definition) is 0. The van der Waals surface area contributed by atoms with Gasteiger partial charge in [0.05, 0.1) is 24.7 Å². The Kier molecular flexibility index (Phi) is 6.18. The first-order valence-corrected chi connectivity index (χ1v) is 10.7. The number of aromatic nitrogens is 3. The molecule has 0 atom stereocenters. The van der Waals surface area contributed by atoms with Crippen molar-refractivity contribution in [2.24, 2.45) is 0 Å². The van der Waals surface area contributed by atoms with Crippen molar-refractivity contribution in [2.75, 3.05) is 37.0 Å². The zero-order chi connectivity index (χ0) is 20.2. The first-order chi connectivity index (χ1) is 14.1. The second-order valence-corrected chi connectivity index (χ2v) is 8.15. The van der Waals surface area contributed by atoms with Gasteiger partial charge in [-0.3, -0.25) is 9.36 Å². The van der Waals surface area contributed by atoms with Gasteiger partial charge in [0.2, 0.25) is 5.95 Å². The SMILES string of the molecule is Cc1cccc(-n2c(SCC(=O)c3ccc(Cl)cc3)nnc2N2CCOCC2)c1. The van der Waals surface area contributed by atoms with Crippen molar-refractivity contribution in [3.63, 3.8) is 0 Å². The summed E-state index contributed by atoms with van der Waals surface area (Å²) in [5, 5.41) is 10.1. The molecule has 0 spiro atoms. The van der Waals surface area contributed by atoms with E-state index in [1.54, 1.807) is 24.3 Å². The molecule has 150 valence electrons. The molecule has 1 fully saturated rings. The third kappa shape index (κ3) is 4.63. The number of Topliss-reactive ketones (excluding diaryl/α,β-unsaturated/α-hetero) is 1. The Morgan fingerprint density at radius 2 is 1.90 bits per heavy atom. The summed E-state index contributed by atoms with van der Waals surface area (Å²) in [6, 6.07) is 15.1. The standard InChI is InChI=1S/C21H21ClN4O2S/c1-15-3-2-4-18(13-15)26-20(25-9-11-28-12-10-25)23-24-21(26)29-14-19(27)16-5-7-17(22)8-6-16/h2-8,13H,9-12,14H2,1H3. The topological polar surface area (TPSA) is 60.2 Å². The number of carbonyl (C=O) groups is 1. The predicted octanol–water partition coefficient (Wildman–Crippen LogP) is 4.04. The molecular formula is C21H21ClN4O2S. The largest absolute Gasteiger partial charge is 0.378 e. The number of ether oxygens (including phenoxy) is 1. The average molecular weight is 429 g/mol. The highest BCUT2D eigenvalue weighted by atomic mass is 35.5. The summed E-state index contributed by atoms with van der Waals surface area (Å²) in [7, 11) is 0. The predicted molar refractivity (Wildman–Crippen MR) is 116 cm³/mol. The molecule has 2 aromatic carbocycles. The summed E-state index contributed by atoms with van der Waals surface area (Å²) >= 11 is 7.30. The molecule has 1 saturated heterocycles. The van der Waals surface area contributed by atoms with Crippen LogP contribution in [0.2, 0.25) is 5.02 Å². The first-order valence-electron chi connectivity index (χ1n) is 9.38. The third-order valence-corrected chi connectivity index (χ3v) is 5.85. The van der Waals surface area contributed by atoms with Crippen molar-refractivity contribution in [3.05, 3.63) is 64.7 Å². The van der Waals surface area contributed by atoms with Gasteiger partial charge in [0.1, 0.15) is 0 Å². The van der Waals surface area contributed by atoms with Crippen molar-refractivity contribution in [1.29, 1.82) is 0 Å². The second kappa shape index (κ2) is 8.98. The fraction of sp³-hybridized carbons (Fsp3) is 0.286. The van der Waals surface area contributed by atoms with Gasteiger partial charge in [-0.15, -0.1) is 10.2 Å². The van der Waals surface area contributed by atoms with Crippen molar-refractivity contribution in [1.82, 2.24) is 14.8 Å². The molecule has 1 aliphatic rings. The van der Waals surface area contributed by atoms with Gasteiger partial charge in [-0.1, -0.05) is 35.5 Å². The van der Waals surface area contributed by atoms with Gasteiger partial charge >= 0.3 is 0 Å². The minimum absolute atomic E-state index is 0.0263. The lowest BCUT2D eigenvalue weighted by atomic mass is 10.1. The molecule has 1 aliphatic heterocycles. The van der Waals surface area contributed by atoms with Gasteiger partial charge in [0.15, 0.2) is 10.9 Å².